The maximum atomic E-state index is 12.3. The maximum Gasteiger partial charge on any atom is 0.238 e. The summed E-state index contributed by atoms with van der Waals surface area (Å²) in [6.45, 7) is 1.93. The number of hydrogen-bond acceptors (Lipinski definition) is 7. The van der Waals surface area contributed by atoms with Gasteiger partial charge in [-0.25, -0.2) is 0 Å². The fraction of sp³-hybridized carbons (Fsp3) is 0.769. The molecule has 2 fully saturated rings. The molecule has 0 saturated carbocycles. The molecule has 1 amide bonds. The topological polar surface area (TPSA) is 81.6 Å². The summed E-state index contributed by atoms with van der Waals surface area (Å²) < 4.78 is 4.31. The molecule has 21 heavy (non-hydrogen) atoms. The van der Waals surface area contributed by atoms with E-state index in [4.69, 9.17) is 0 Å². The lowest BCUT2D eigenvalue weighted by Crippen LogP contribution is -2.61. The molecule has 2 saturated heterocycles. The fourth-order valence-electron chi connectivity index (χ4n) is 3.12. The minimum Gasteiger partial charge on any atom is -0.392 e. The van der Waals surface area contributed by atoms with Crippen LogP contribution in [-0.4, -0.2) is 60.2 Å². The minimum atomic E-state index is -0.694. The first-order chi connectivity index (χ1) is 10.0. The molecule has 0 bridgehead atoms. The van der Waals surface area contributed by atoms with Crippen LogP contribution in [0.2, 0.25) is 0 Å². The molecule has 3 rings (SSSR count). The van der Waals surface area contributed by atoms with Crippen molar-refractivity contribution in [2.45, 2.75) is 25.4 Å². The first-order valence-electron chi connectivity index (χ1n) is 7.25. The second kappa shape index (κ2) is 5.42. The molecule has 2 aliphatic heterocycles. The third-order valence-corrected chi connectivity index (χ3v) is 5.16. The Bertz CT molecular complexity index is 534. The van der Waals surface area contributed by atoms with Crippen LogP contribution in [0.5, 0.6) is 0 Å². The average molecular weight is 311 g/mol. The number of hydrogen-bond donors (Lipinski definition) is 2. The largest absolute Gasteiger partial charge is 0.392 e. The van der Waals surface area contributed by atoms with Gasteiger partial charge in [-0.15, -0.1) is 0 Å². The standard InChI is InChI=1S/C13H21N5O2S/c1-17(2)11-15-12(21-16-11)18-7-4-9(19)13(8-18)5-3-6-14-10(13)20/h9,19H,3-8H2,1-2H3,(H,14,20)/t9-,13-/m1/s1. The van der Waals surface area contributed by atoms with Crippen LogP contribution in [0.3, 0.4) is 0 Å². The molecule has 0 aliphatic carbocycles. The second-order valence-electron chi connectivity index (χ2n) is 6.01. The normalized spacial score (nSPS) is 29.6. The first-order valence-corrected chi connectivity index (χ1v) is 8.02. The Morgan fingerprint density at radius 2 is 2.33 bits per heavy atom. The summed E-state index contributed by atoms with van der Waals surface area (Å²) >= 11 is 1.34. The number of amides is 1. The third kappa shape index (κ3) is 2.46. The monoisotopic (exact) mass is 311 g/mol. The van der Waals surface area contributed by atoms with Crippen LogP contribution in [0.4, 0.5) is 11.1 Å². The van der Waals surface area contributed by atoms with E-state index in [1.807, 2.05) is 19.0 Å². The molecule has 1 aromatic heterocycles. The summed E-state index contributed by atoms with van der Waals surface area (Å²) in [6.07, 6.45) is 1.66. The number of aromatic nitrogens is 2. The Kier molecular flexibility index (Phi) is 3.75. The third-order valence-electron chi connectivity index (χ3n) is 4.40. The van der Waals surface area contributed by atoms with Gasteiger partial charge in [-0.3, -0.25) is 4.79 Å². The lowest BCUT2D eigenvalue weighted by Gasteiger charge is -2.46. The second-order valence-corrected chi connectivity index (χ2v) is 6.74. The van der Waals surface area contributed by atoms with Gasteiger partial charge in [0.1, 0.15) is 0 Å². The van der Waals surface area contributed by atoms with Gasteiger partial charge in [0.25, 0.3) is 0 Å². The van der Waals surface area contributed by atoms with Crippen LogP contribution >= 0.6 is 11.5 Å². The van der Waals surface area contributed by atoms with Crippen molar-refractivity contribution in [3.8, 4) is 0 Å². The molecule has 0 unspecified atom stereocenters. The molecule has 7 nitrogen and oxygen atoms in total. The fourth-order valence-corrected chi connectivity index (χ4v) is 3.89. The quantitative estimate of drug-likeness (QED) is 0.804. The summed E-state index contributed by atoms with van der Waals surface area (Å²) in [6, 6.07) is 0. The van der Waals surface area contributed by atoms with Gasteiger partial charge < -0.3 is 20.2 Å². The van der Waals surface area contributed by atoms with Crippen LogP contribution in [0.25, 0.3) is 0 Å². The van der Waals surface area contributed by atoms with Crippen LogP contribution in [0.15, 0.2) is 0 Å². The van der Waals surface area contributed by atoms with Crippen LogP contribution < -0.4 is 15.1 Å². The highest BCUT2D eigenvalue weighted by molar-refractivity contribution is 7.09. The molecule has 1 spiro atoms. The number of nitrogens with one attached hydrogen (secondary N) is 1. The first kappa shape index (κ1) is 14.5. The Hall–Kier alpha value is -1.41. The number of nitrogens with zero attached hydrogens (tertiary/aromatic N) is 4. The predicted octanol–water partition coefficient (Wildman–Crippen LogP) is 0.0715. The van der Waals surface area contributed by atoms with E-state index >= 15 is 0 Å². The predicted molar refractivity (Wildman–Crippen MR) is 81.7 cm³/mol. The van der Waals surface area contributed by atoms with E-state index in [0.29, 0.717) is 32.0 Å². The number of rotatable bonds is 2. The van der Waals surface area contributed by atoms with E-state index in [2.05, 4.69) is 19.6 Å². The van der Waals surface area contributed by atoms with E-state index in [9.17, 15) is 9.90 Å². The van der Waals surface area contributed by atoms with Gasteiger partial charge in [0.05, 0.1) is 11.5 Å². The van der Waals surface area contributed by atoms with E-state index in [0.717, 1.165) is 18.0 Å². The highest BCUT2D eigenvalue weighted by Gasteiger charge is 2.50. The van der Waals surface area contributed by atoms with Crippen molar-refractivity contribution in [3.63, 3.8) is 0 Å². The lowest BCUT2D eigenvalue weighted by atomic mass is 9.71. The number of piperidine rings is 2. The maximum absolute atomic E-state index is 12.3. The molecule has 2 atom stereocenters. The molecule has 116 valence electrons. The van der Waals surface area contributed by atoms with Crippen molar-refractivity contribution in [1.29, 1.82) is 0 Å². The van der Waals surface area contributed by atoms with Gasteiger partial charge >= 0.3 is 0 Å². The van der Waals surface area contributed by atoms with Gasteiger partial charge in [0.15, 0.2) is 0 Å². The van der Waals surface area contributed by atoms with Gasteiger partial charge in [0, 0.05) is 45.3 Å². The van der Waals surface area contributed by atoms with E-state index in [1.165, 1.54) is 11.5 Å². The number of carbonyl (C=O) groups excluding carboxylic acids is 1. The molecule has 2 aliphatic rings. The van der Waals surface area contributed by atoms with Crippen molar-refractivity contribution in [2.24, 2.45) is 5.41 Å². The highest BCUT2D eigenvalue weighted by atomic mass is 32.1. The molecule has 3 heterocycles. The minimum absolute atomic E-state index is 0.0247. The zero-order valence-electron chi connectivity index (χ0n) is 12.4. The molecule has 0 aromatic carbocycles. The number of aliphatic hydroxyl groups is 1. The lowest BCUT2D eigenvalue weighted by molar-refractivity contribution is -0.142. The zero-order chi connectivity index (χ0) is 15.0. The van der Waals surface area contributed by atoms with Gasteiger partial charge in [-0.2, -0.15) is 9.36 Å². The number of carbonyl (C=O) groups is 1. The number of anilines is 2. The Balaban J connectivity index is 1.83. The van der Waals surface area contributed by atoms with Crippen molar-refractivity contribution in [3.05, 3.63) is 0 Å². The van der Waals surface area contributed by atoms with E-state index in [1.54, 1.807) is 0 Å². The zero-order valence-corrected chi connectivity index (χ0v) is 13.2. The molecule has 8 heteroatoms. The SMILES string of the molecule is CN(C)c1nsc(N2CC[C@@H](O)[C@@]3(CCCNC3=O)C2)n1. The van der Waals surface area contributed by atoms with Crippen molar-refractivity contribution >= 4 is 28.5 Å². The Morgan fingerprint density at radius 3 is 3.00 bits per heavy atom. The number of aliphatic hydroxyl groups excluding tert-OH is 1. The van der Waals surface area contributed by atoms with Crippen LogP contribution in [0.1, 0.15) is 19.3 Å². The molecular weight excluding hydrogens is 290 g/mol. The summed E-state index contributed by atoms with van der Waals surface area (Å²) in [5, 5.41) is 14.1. The molecule has 0 radical (unpaired) electrons. The van der Waals surface area contributed by atoms with Crippen molar-refractivity contribution in [2.75, 3.05) is 43.5 Å². The van der Waals surface area contributed by atoms with Gasteiger partial charge in [0.2, 0.25) is 17.0 Å². The molecule has 2 N–H and O–H groups in total. The average Bonchev–Trinajstić information content (AvgIpc) is 2.95. The summed E-state index contributed by atoms with van der Waals surface area (Å²) in [5.41, 5.74) is -0.694. The van der Waals surface area contributed by atoms with E-state index < -0.39 is 11.5 Å². The Morgan fingerprint density at radius 1 is 1.52 bits per heavy atom. The molecule has 1 aromatic rings. The Labute approximate surface area is 128 Å². The smallest absolute Gasteiger partial charge is 0.238 e. The van der Waals surface area contributed by atoms with Crippen molar-refractivity contribution < 1.29 is 9.90 Å². The summed E-state index contributed by atoms with van der Waals surface area (Å²) in [4.78, 5) is 20.8. The highest BCUT2D eigenvalue weighted by Crippen LogP contribution is 2.39. The van der Waals surface area contributed by atoms with Gasteiger partial charge in [-0.05, 0) is 19.3 Å². The molecular formula is C13H21N5O2S. The summed E-state index contributed by atoms with van der Waals surface area (Å²) in [7, 11) is 3.81. The van der Waals surface area contributed by atoms with Crippen molar-refractivity contribution in [1.82, 2.24) is 14.7 Å². The van der Waals surface area contributed by atoms with Crippen LogP contribution in [0, 0.1) is 5.41 Å². The van der Waals surface area contributed by atoms with Crippen LogP contribution in [-0.2, 0) is 4.79 Å². The van der Waals surface area contributed by atoms with Gasteiger partial charge in [-0.1, -0.05) is 0 Å². The van der Waals surface area contributed by atoms with E-state index in [-0.39, 0.29) is 5.91 Å². The summed E-state index contributed by atoms with van der Waals surface area (Å²) in [5.74, 6) is 0.659.